The zero-order valence-corrected chi connectivity index (χ0v) is 24.7. The van der Waals surface area contributed by atoms with Crippen LogP contribution in [0.25, 0.3) is 89.7 Å². The number of aromatic nitrogens is 1. The maximum absolute atomic E-state index is 2.63. The normalized spacial score (nSPS) is 12.2. The van der Waals surface area contributed by atoms with Gasteiger partial charge in [-0.05, 0) is 33.4 Å². The van der Waals surface area contributed by atoms with Crippen molar-refractivity contribution in [1.82, 2.24) is 4.57 Å². The number of hydrogen-bond donors (Lipinski definition) is 0. The lowest BCUT2D eigenvalue weighted by atomic mass is 9.90. The summed E-state index contributed by atoms with van der Waals surface area (Å²) in [7, 11) is 0. The van der Waals surface area contributed by atoms with Gasteiger partial charge >= 0.3 is 0 Å². The van der Waals surface area contributed by atoms with E-state index >= 15 is 0 Å². The molecule has 0 spiro atoms. The molecule has 200 valence electrons. The predicted octanol–water partition coefficient (Wildman–Crippen LogP) is 12.3. The Balaban J connectivity index is 1.50. The first-order valence-electron chi connectivity index (χ1n) is 14.6. The van der Waals surface area contributed by atoms with Crippen LogP contribution in [-0.4, -0.2) is 4.57 Å². The molecule has 0 aliphatic rings. The Morgan fingerprint density at radius 1 is 0.372 bits per heavy atom. The van der Waals surface area contributed by atoms with Crippen LogP contribution in [0.1, 0.15) is 0 Å². The molecular weight excluding hydrogens is 559 g/mol. The Kier molecular flexibility index (Phi) is 4.81. The van der Waals surface area contributed by atoms with Crippen LogP contribution >= 0.6 is 22.7 Å². The predicted molar refractivity (Wildman–Crippen MR) is 190 cm³/mol. The van der Waals surface area contributed by atoms with Crippen molar-refractivity contribution in [3.8, 4) is 16.8 Å². The van der Waals surface area contributed by atoms with E-state index in [9.17, 15) is 0 Å². The molecule has 0 fully saturated rings. The molecule has 1 nitrogen and oxygen atoms in total. The molecule has 0 aliphatic heterocycles. The number of benzene rings is 7. The van der Waals surface area contributed by atoms with E-state index in [4.69, 9.17) is 0 Å². The molecule has 0 N–H and O–H groups in total. The molecule has 0 unspecified atom stereocenters. The van der Waals surface area contributed by atoms with Gasteiger partial charge in [0.25, 0.3) is 0 Å². The molecule has 10 rings (SSSR count). The van der Waals surface area contributed by atoms with Crippen molar-refractivity contribution in [1.29, 1.82) is 0 Å². The van der Waals surface area contributed by atoms with Gasteiger partial charge in [-0.2, -0.15) is 0 Å². The fourth-order valence-electron chi connectivity index (χ4n) is 7.19. The fourth-order valence-corrected chi connectivity index (χ4v) is 9.96. The third-order valence-electron chi connectivity index (χ3n) is 8.97. The van der Waals surface area contributed by atoms with Crippen molar-refractivity contribution in [2.24, 2.45) is 0 Å². The average molecular weight is 582 g/mol. The molecule has 0 bridgehead atoms. The number of hydrogen-bond acceptors (Lipinski definition) is 2. The van der Waals surface area contributed by atoms with Crippen molar-refractivity contribution < 1.29 is 0 Å². The molecule has 0 saturated heterocycles. The summed E-state index contributed by atoms with van der Waals surface area (Å²) >= 11 is 3.88. The fraction of sp³-hybridized carbons (Fsp3) is 0. The van der Waals surface area contributed by atoms with Crippen molar-refractivity contribution in [3.05, 3.63) is 140 Å². The largest absolute Gasteiger partial charge is 0.305 e. The Morgan fingerprint density at radius 3 is 1.72 bits per heavy atom. The topological polar surface area (TPSA) is 4.93 Å². The van der Waals surface area contributed by atoms with Gasteiger partial charge in [-0.1, -0.05) is 133 Å². The first kappa shape index (κ1) is 23.6. The van der Waals surface area contributed by atoms with Crippen molar-refractivity contribution >= 4 is 95.6 Å². The monoisotopic (exact) mass is 581 g/mol. The van der Waals surface area contributed by atoms with E-state index in [1.165, 1.54) is 89.7 Å². The molecule has 0 atom stereocenters. The van der Waals surface area contributed by atoms with Gasteiger partial charge in [-0.3, -0.25) is 0 Å². The van der Waals surface area contributed by atoms with Crippen LogP contribution in [0.5, 0.6) is 0 Å². The second kappa shape index (κ2) is 8.78. The van der Waals surface area contributed by atoms with Crippen molar-refractivity contribution in [2.45, 2.75) is 0 Å². The van der Waals surface area contributed by atoms with Gasteiger partial charge in [0, 0.05) is 31.6 Å². The first-order valence-corrected chi connectivity index (χ1v) is 16.3. The van der Waals surface area contributed by atoms with Gasteiger partial charge in [-0.15, -0.1) is 22.7 Å². The van der Waals surface area contributed by atoms with Crippen LogP contribution in [0.3, 0.4) is 0 Å². The molecule has 0 aliphatic carbocycles. The number of thiophene rings is 2. The van der Waals surface area contributed by atoms with Crippen LogP contribution < -0.4 is 0 Å². The number of nitrogens with zero attached hydrogens (tertiary/aromatic N) is 1. The van der Waals surface area contributed by atoms with E-state index in [-0.39, 0.29) is 0 Å². The Hall–Kier alpha value is -4.96. The summed E-state index contributed by atoms with van der Waals surface area (Å²) in [6, 6.07) is 51.2. The summed E-state index contributed by atoms with van der Waals surface area (Å²) in [6.07, 6.45) is 0. The van der Waals surface area contributed by atoms with Gasteiger partial charge in [0.05, 0.1) is 30.8 Å². The maximum Gasteiger partial charge on any atom is 0.0829 e. The van der Waals surface area contributed by atoms with Gasteiger partial charge in [0.15, 0.2) is 0 Å². The third kappa shape index (κ3) is 3.16. The first-order chi connectivity index (χ1) is 21.4. The van der Waals surface area contributed by atoms with Gasteiger partial charge in [0.1, 0.15) is 0 Å². The lowest BCUT2D eigenvalue weighted by molar-refractivity contribution is 1.23. The highest BCUT2D eigenvalue weighted by molar-refractivity contribution is 7.37. The van der Waals surface area contributed by atoms with E-state index in [2.05, 4.69) is 144 Å². The minimum Gasteiger partial charge on any atom is -0.305 e. The van der Waals surface area contributed by atoms with Gasteiger partial charge < -0.3 is 4.57 Å². The van der Waals surface area contributed by atoms with Gasteiger partial charge in [-0.25, -0.2) is 0 Å². The molecule has 10 aromatic rings. The highest BCUT2D eigenvalue weighted by Gasteiger charge is 2.25. The average Bonchev–Trinajstić information content (AvgIpc) is 3.71. The minimum atomic E-state index is 1.25. The Bertz CT molecular complexity index is 2670. The van der Waals surface area contributed by atoms with E-state index in [1.807, 2.05) is 22.7 Å². The van der Waals surface area contributed by atoms with Crippen molar-refractivity contribution in [3.63, 3.8) is 0 Å². The SMILES string of the molecule is c1ccc(-c2c3ccccc3c(-n3c4c5ccccc5ccc4c4sc5c6ccccc6sc5c43)c3ccccc23)cc1. The second-order valence-corrected chi connectivity index (χ2v) is 13.3. The van der Waals surface area contributed by atoms with Crippen LogP contribution in [0, 0.1) is 0 Å². The summed E-state index contributed by atoms with van der Waals surface area (Å²) in [5.74, 6) is 0. The molecule has 3 aromatic heterocycles. The lowest BCUT2D eigenvalue weighted by Crippen LogP contribution is -1.99. The molecule has 0 saturated carbocycles. The third-order valence-corrected chi connectivity index (χ3v) is 11.5. The molecule has 3 heteroatoms. The molecule has 0 radical (unpaired) electrons. The lowest BCUT2D eigenvalue weighted by Gasteiger charge is -2.19. The number of rotatable bonds is 2. The molecular formula is C40H23NS2. The molecule has 3 heterocycles. The smallest absolute Gasteiger partial charge is 0.0829 e. The second-order valence-electron chi connectivity index (χ2n) is 11.2. The van der Waals surface area contributed by atoms with E-state index in [0.717, 1.165) is 0 Å². The van der Waals surface area contributed by atoms with Gasteiger partial charge in [0.2, 0.25) is 0 Å². The number of fused-ring (bicyclic) bond motifs is 11. The quantitative estimate of drug-likeness (QED) is 0.179. The summed E-state index contributed by atoms with van der Waals surface area (Å²) in [6.45, 7) is 0. The molecule has 7 aromatic carbocycles. The summed E-state index contributed by atoms with van der Waals surface area (Å²) in [5, 5.41) is 10.3. The van der Waals surface area contributed by atoms with E-state index in [0.29, 0.717) is 0 Å². The van der Waals surface area contributed by atoms with Crippen LogP contribution in [-0.2, 0) is 0 Å². The molecule has 0 amide bonds. The van der Waals surface area contributed by atoms with E-state index < -0.39 is 0 Å². The Morgan fingerprint density at radius 2 is 0.977 bits per heavy atom. The Labute approximate surface area is 255 Å². The molecule has 43 heavy (non-hydrogen) atoms. The highest BCUT2D eigenvalue weighted by atomic mass is 32.1. The van der Waals surface area contributed by atoms with Crippen LogP contribution in [0.2, 0.25) is 0 Å². The minimum absolute atomic E-state index is 1.25. The van der Waals surface area contributed by atoms with E-state index in [1.54, 1.807) is 0 Å². The van der Waals surface area contributed by atoms with Crippen molar-refractivity contribution in [2.75, 3.05) is 0 Å². The zero-order chi connectivity index (χ0) is 28.1. The maximum atomic E-state index is 2.63. The summed E-state index contributed by atoms with van der Waals surface area (Å²) in [4.78, 5) is 0. The zero-order valence-electron chi connectivity index (χ0n) is 23.0. The summed E-state index contributed by atoms with van der Waals surface area (Å²) in [5.41, 5.74) is 6.43. The van der Waals surface area contributed by atoms with Crippen LogP contribution in [0.4, 0.5) is 0 Å². The highest BCUT2D eigenvalue weighted by Crippen LogP contribution is 2.51. The summed E-state index contributed by atoms with van der Waals surface area (Å²) < 4.78 is 8.11. The van der Waals surface area contributed by atoms with Crippen LogP contribution in [0.15, 0.2) is 140 Å². The standard InChI is InChI=1S/C40H23NS2/c1-2-13-25(14-3-1)34-27-16-6-8-18-29(27)36(30-19-9-7-17-28(30)34)41-35-26-15-5-4-12-24(26)22-23-32(35)38-37(41)40-39(43-38)31-20-10-11-21-33(31)42-40/h1-23H.